The Morgan fingerprint density at radius 2 is 2.20 bits per heavy atom. The molecule has 0 aromatic carbocycles. The third-order valence-corrected chi connectivity index (χ3v) is 3.55. The molecule has 0 saturated carbocycles. The van der Waals surface area contributed by atoms with Crippen LogP contribution in [-0.4, -0.2) is 50.2 Å². The highest BCUT2D eigenvalue weighted by atomic mass is 35.5. The molecule has 0 aliphatic carbocycles. The summed E-state index contributed by atoms with van der Waals surface area (Å²) in [6, 6.07) is 1.50. The molecular formula is C11H24ClN3. The van der Waals surface area contributed by atoms with Crippen molar-refractivity contribution in [1.29, 1.82) is 0 Å². The summed E-state index contributed by atoms with van der Waals surface area (Å²) in [5.74, 6) is 0. The van der Waals surface area contributed by atoms with E-state index in [1.54, 1.807) is 0 Å². The number of piperidine rings is 1. The van der Waals surface area contributed by atoms with Crippen LogP contribution in [0.15, 0.2) is 0 Å². The quantitative estimate of drug-likeness (QED) is 0.757. The monoisotopic (exact) mass is 233 g/mol. The Morgan fingerprint density at radius 1 is 1.33 bits per heavy atom. The van der Waals surface area contributed by atoms with E-state index in [0.29, 0.717) is 0 Å². The number of hydrogen-bond donors (Lipinski definition) is 2. The number of likely N-dealkylation sites (tertiary alicyclic amines) is 1. The van der Waals surface area contributed by atoms with E-state index in [2.05, 4.69) is 22.6 Å². The second-order valence-corrected chi connectivity index (χ2v) is 4.68. The van der Waals surface area contributed by atoms with E-state index in [1.807, 2.05) is 0 Å². The minimum atomic E-state index is 0. The zero-order valence-corrected chi connectivity index (χ0v) is 10.5. The molecule has 0 radical (unpaired) electrons. The summed E-state index contributed by atoms with van der Waals surface area (Å²) in [7, 11) is 2.09. The first-order valence-electron chi connectivity index (χ1n) is 6.01. The van der Waals surface area contributed by atoms with E-state index in [-0.39, 0.29) is 12.4 Å². The predicted octanol–water partition coefficient (Wildman–Crippen LogP) is 0.844. The number of nitrogens with zero attached hydrogens (tertiary/aromatic N) is 1. The maximum absolute atomic E-state index is 3.57. The van der Waals surface area contributed by atoms with Gasteiger partial charge < -0.3 is 15.5 Å². The van der Waals surface area contributed by atoms with Gasteiger partial charge in [-0.1, -0.05) is 0 Å². The average molecular weight is 234 g/mol. The Morgan fingerprint density at radius 3 is 2.87 bits per heavy atom. The van der Waals surface area contributed by atoms with Crippen LogP contribution in [0, 0.1) is 0 Å². The van der Waals surface area contributed by atoms with Crippen LogP contribution < -0.4 is 10.6 Å². The average Bonchev–Trinajstić information content (AvgIpc) is 2.71. The molecule has 2 fully saturated rings. The minimum Gasteiger partial charge on any atom is -0.316 e. The summed E-state index contributed by atoms with van der Waals surface area (Å²) in [6.45, 7) is 5.04. The smallest absolute Gasteiger partial charge is 0.0195 e. The topological polar surface area (TPSA) is 27.3 Å². The Balaban J connectivity index is 0.00000112. The van der Waals surface area contributed by atoms with E-state index in [4.69, 9.17) is 0 Å². The molecule has 3 nitrogen and oxygen atoms in total. The summed E-state index contributed by atoms with van der Waals surface area (Å²) in [5, 5.41) is 6.97. The van der Waals surface area contributed by atoms with Gasteiger partial charge in [0.05, 0.1) is 0 Å². The lowest BCUT2D eigenvalue weighted by Crippen LogP contribution is -2.48. The molecule has 0 aromatic heterocycles. The molecule has 90 valence electrons. The minimum absolute atomic E-state index is 0. The van der Waals surface area contributed by atoms with E-state index < -0.39 is 0 Å². The van der Waals surface area contributed by atoms with Gasteiger partial charge in [-0.3, -0.25) is 0 Å². The summed E-state index contributed by atoms with van der Waals surface area (Å²) < 4.78 is 0. The SMILES string of the molecule is CNC1CCCN(C[C@@H]2CCCN2)C1.Cl. The number of nitrogens with one attached hydrogen (secondary N) is 2. The first-order valence-corrected chi connectivity index (χ1v) is 6.01. The molecule has 0 aromatic rings. The van der Waals surface area contributed by atoms with E-state index in [1.165, 1.54) is 51.9 Å². The molecule has 0 amide bonds. The van der Waals surface area contributed by atoms with Gasteiger partial charge in [-0.2, -0.15) is 0 Å². The van der Waals surface area contributed by atoms with Gasteiger partial charge in [0.1, 0.15) is 0 Å². The molecule has 2 rings (SSSR count). The molecule has 0 bridgehead atoms. The zero-order valence-electron chi connectivity index (χ0n) is 9.67. The second-order valence-electron chi connectivity index (χ2n) is 4.68. The normalized spacial score (nSPS) is 32.6. The summed E-state index contributed by atoms with van der Waals surface area (Å²) >= 11 is 0. The molecule has 2 aliphatic rings. The molecule has 0 spiro atoms. The van der Waals surface area contributed by atoms with Crippen LogP contribution in [0.2, 0.25) is 0 Å². The van der Waals surface area contributed by atoms with Crippen molar-refractivity contribution in [3.63, 3.8) is 0 Å². The molecule has 1 unspecified atom stereocenters. The summed E-state index contributed by atoms with van der Waals surface area (Å²) in [5.41, 5.74) is 0. The van der Waals surface area contributed by atoms with Crippen molar-refractivity contribution in [2.75, 3.05) is 33.2 Å². The van der Waals surface area contributed by atoms with Crippen LogP contribution >= 0.6 is 12.4 Å². The van der Waals surface area contributed by atoms with Gasteiger partial charge in [-0.15, -0.1) is 12.4 Å². The lowest BCUT2D eigenvalue weighted by atomic mass is 10.1. The van der Waals surface area contributed by atoms with Gasteiger partial charge in [-0.25, -0.2) is 0 Å². The lowest BCUT2D eigenvalue weighted by Gasteiger charge is -2.34. The molecule has 2 N–H and O–H groups in total. The van der Waals surface area contributed by atoms with Crippen LogP contribution in [0.1, 0.15) is 25.7 Å². The molecule has 2 heterocycles. The molecule has 4 heteroatoms. The van der Waals surface area contributed by atoms with Crippen molar-refractivity contribution in [3.8, 4) is 0 Å². The third kappa shape index (κ3) is 3.91. The van der Waals surface area contributed by atoms with Crippen LogP contribution in [0.4, 0.5) is 0 Å². The number of hydrogen-bond acceptors (Lipinski definition) is 3. The Bertz CT molecular complexity index is 171. The third-order valence-electron chi connectivity index (χ3n) is 3.55. The molecule has 2 saturated heterocycles. The van der Waals surface area contributed by atoms with Crippen LogP contribution in [-0.2, 0) is 0 Å². The molecule has 15 heavy (non-hydrogen) atoms. The predicted molar refractivity (Wildman–Crippen MR) is 66.8 cm³/mol. The summed E-state index contributed by atoms with van der Waals surface area (Å²) in [4.78, 5) is 2.62. The fourth-order valence-electron chi connectivity index (χ4n) is 2.68. The highest BCUT2D eigenvalue weighted by molar-refractivity contribution is 5.85. The Labute approximate surface area is 99.4 Å². The Kier molecular flexibility index (Phi) is 5.90. The maximum Gasteiger partial charge on any atom is 0.0195 e. The second kappa shape index (κ2) is 6.69. The van der Waals surface area contributed by atoms with Gasteiger partial charge in [0.25, 0.3) is 0 Å². The number of rotatable bonds is 3. The van der Waals surface area contributed by atoms with Gasteiger partial charge in [-0.05, 0) is 45.8 Å². The van der Waals surface area contributed by atoms with Gasteiger partial charge in [0, 0.05) is 25.2 Å². The van der Waals surface area contributed by atoms with E-state index >= 15 is 0 Å². The van der Waals surface area contributed by atoms with Crippen molar-refractivity contribution < 1.29 is 0 Å². The number of halogens is 1. The molecule has 2 atom stereocenters. The fourth-order valence-corrected chi connectivity index (χ4v) is 2.68. The largest absolute Gasteiger partial charge is 0.316 e. The van der Waals surface area contributed by atoms with E-state index in [9.17, 15) is 0 Å². The van der Waals surface area contributed by atoms with E-state index in [0.717, 1.165) is 12.1 Å². The lowest BCUT2D eigenvalue weighted by molar-refractivity contribution is 0.181. The van der Waals surface area contributed by atoms with Gasteiger partial charge >= 0.3 is 0 Å². The molecule has 2 aliphatic heterocycles. The van der Waals surface area contributed by atoms with Crippen molar-refractivity contribution in [3.05, 3.63) is 0 Å². The van der Waals surface area contributed by atoms with Gasteiger partial charge in [0.15, 0.2) is 0 Å². The Hall–Kier alpha value is 0.170. The first kappa shape index (κ1) is 13.2. The maximum atomic E-state index is 3.57. The van der Waals surface area contributed by atoms with Crippen molar-refractivity contribution >= 4 is 12.4 Å². The highest BCUT2D eigenvalue weighted by Gasteiger charge is 2.22. The highest BCUT2D eigenvalue weighted by Crippen LogP contribution is 2.13. The van der Waals surface area contributed by atoms with Crippen LogP contribution in [0.3, 0.4) is 0 Å². The summed E-state index contributed by atoms with van der Waals surface area (Å²) in [6.07, 6.45) is 5.46. The van der Waals surface area contributed by atoms with Crippen molar-refractivity contribution in [2.45, 2.75) is 37.8 Å². The van der Waals surface area contributed by atoms with Gasteiger partial charge in [0.2, 0.25) is 0 Å². The number of likely N-dealkylation sites (N-methyl/N-ethyl adjacent to an activating group) is 1. The fraction of sp³-hybridized carbons (Fsp3) is 1.00. The van der Waals surface area contributed by atoms with Crippen LogP contribution in [0.5, 0.6) is 0 Å². The standard InChI is InChI=1S/C11H23N3.ClH/c1-12-10-5-3-7-14(8-10)9-11-4-2-6-13-11;/h10-13H,2-9H2,1H3;1H/t10?,11-;/m0./s1. The van der Waals surface area contributed by atoms with Crippen molar-refractivity contribution in [2.24, 2.45) is 0 Å². The van der Waals surface area contributed by atoms with Crippen LogP contribution in [0.25, 0.3) is 0 Å². The van der Waals surface area contributed by atoms with Crippen molar-refractivity contribution in [1.82, 2.24) is 15.5 Å². The molecular weight excluding hydrogens is 210 g/mol. The zero-order chi connectivity index (χ0) is 9.80. The first-order chi connectivity index (χ1) is 6.88.